The predicted octanol–water partition coefficient (Wildman–Crippen LogP) is 3.50. The van der Waals surface area contributed by atoms with Gasteiger partial charge in [-0.15, -0.1) is 0 Å². The number of fused-ring (bicyclic) bond motifs is 2. The second-order valence-electron chi connectivity index (χ2n) is 8.26. The van der Waals surface area contributed by atoms with Crippen LogP contribution in [-0.2, 0) is 18.8 Å². The Labute approximate surface area is 190 Å². The standard InChI is InChI=1S/C24H24N8O/c1-30-15-25-19-6-5-18(12-22(19)30)27-23-13-20(28-24(29-23)32-7-9-33-10-8-32)16-3-4-17-14-26-31(2)21(17)11-16/h3-6,11-15H,7-10H2,1-2H3,(H,27,28,29). The van der Waals surface area contributed by atoms with Crippen LogP contribution in [0.1, 0.15) is 0 Å². The SMILES string of the molecule is Cn1cnc2ccc(Nc3cc(-c4ccc5cnn(C)c5c4)nc(N4CCOCC4)n3)cc21. The van der Waals surface area contributed by atoms with E-state index in [4.69, 9.17) is 14.7 Å². The number of ether oxygens (including phenoxy) is 1. The molecule has 166 valence electrons. The van der Waals surface area contributed by atoms with Gasteiger partial charge in [0, 0.05) is 49.9 Å². The number of nitrogens with zero attached hydrogens (tertiary/aromatic N) is 7. The first-order valence-corrected chi connectivity index (χ1v) is 11.0. The summed E-state index contributed by atoms with van der Waals surface area (Å²) in [4.78, 5) is 16.3. The summed E-state index contributed by atoms with van der Waals surface area (Å²) in [5.74, 6) is 1.44. The normalized spacial score (nSPS) is 14.3. The second-order valence-corrected chi connectivity index (χ2v) is 8.26. The van der Waals surface area contributed by atoms with Crippen molar-refractivity contribution in [1.82, 2.24) is 29.3 Å². The van der Waals surface area contributed by atoms with Gasteiger partial charge in [-0.2, -0.15) is 10.1 Å². The first-order chi connectivity index (χ1) is 16.1. The number of benzene rings is 2. The van der Waals surface area contributed by atoms with Crippen molar-refractivity contribution < 1.29 is 4.74 Å². The highest BCUT2D eigenvalue weighted by Gasteiger charge is 2.17. The van der Waals surface area contributed by atoms with Crippen LogP contribution in [0.2, 0.25) is 0 Å². The van der Waals surface area contributed by atoms with Crippen molar-refractivity contribution in [3.63, 3.8) is 0 Å². The van der Waals surface area contributed by atoms with E-state index in [0.29, 0.717) is 19.2 Å². The third-order valence-electron chi connectivity index (χ3n) is 6.05. The quantitative estimate of drug-likeness (QED) is 0.458. The lowest BCUT2D eigenvalue weighted by Gasteiger charge is -2.27. The Kier molecular flexibility index (Phi) is 4.69. The van der Waals surface area contributed by atoms with E-state index in [9.17, 15) is 0 Å². The van der Waals surface area contributed by atoms with Crippen molar-refractivity contribution in [2.24, 2.45) is 14.1 Å². The lowest BCUT2D eigenvalue weighted by Crippen LogP contribution is -2.37. The smallest absolute Gasteiger partial charge is 0.228 e. The van der Waals surface area contributed by atoms with Gasteiger partial charge in [0.05, 0.1) is 48.0 Å². The molecule has 0 spiro atoms. The minimum atomic E-state index is 0.675. The minimum absolute atomic E-state index is 0.675. The average Bonchev–Trinajstić information content (AvgIpc) is 3.41. The molecule has 1 fully saturated rings. The molecule has 5 aromatic rings. The van der Waals surface area contributed by atoms with E-state index in [1.807, 2.05) is 54.1 Å². The highest BCUT2D eigenvalue weighted by atomic mass is 16.5. The molecule has 0 aliphatic carbocycles. The maximum absolute atomic E-state index is 5.53. The van der Waals surface area contributed by atoms with E-state index in [0.717, 1.165) is 57.8 Å². The number of nitrogens with one attached hydrogen (secondary N) is 1. The molecule has 0 saturated carbocycles. The Morgan fingerprint density at radius 2 is 1.82 bits per heavy atom. The van der Waals surface area contributed by atoms with Crippen molar-refractivity contribution in [1.29, 1.82) is 0 Å². The lowest BCUT2D eigenvalue weighted by molar-refractivity contribution is 0.122. The molecular formula is C24H24N8O. The van der Waals surface area contributed by atoms with Gasteiger partial charge < -0.3 is 19.5 Å². The number of anilines is 3. The highest BCUT2D eigenvalue weighted by Crippen LogP contribution is 2.28. The first-order valence-electron chi connectivity index (χ1n) is 11.0. The molecule has 1 N–H and O–H groups in total. The fraction of sp³-hybridized carbons (Fsp3) is 0.250. The summed E-state index contributed by atoms with van der Waals surface area (Å²) in [6.45, 7) is 2.89. The van der Waals surface area contributed by atoms with Crippen LogP contribution in [0, 0.1) is 0 Å². The molecule has 0 atom stereocenters. The zero-order valence-electron chi connectivity index (χ0n) is 18.6. The largest absolute Gasteiger partial charge is 0.378 e. The van der Waals surface area contributed by atoms with E-state index >= 15 is 0 Å². The first kappa shape index (κ1) is 19.7. The van der Waals surface area contributed by atoms with Crippen molar-refractivity contribution in [3.8, 4) is 11.3 Å². The van der Waals surface area contributed by atoms with Gasteiger partial charge in [0.2, 0.25) is 5.95 Å². The van der Waals surface area contributed by atoms with Gasteiger partial charge in [0.25, 0.3) is 0 Å². The fourth-order valence-corrected chi connectivity index (χ4v) is 4.21. The fourth-order valence-electron chi connectivity index (χ4n) is 4.21. The molecule has 9 nitrogen and oxygen atoms in total. The number of imidazole rings is 1. The zero-order valence-corrected chi connectivity index (χ0v) is 18.6. The lowest BCUT2D eigenvalue weighted by atomic mass is 10.1. The summed E-state index contributed by atoms with van der Waals surface area (Å²) < 4.78 is 9.42. The molecule has 0 bridgehead atoms. The number of hydrogen-bond acceptors (Lipinski definition) is 7. The molecular weight excluding hydrogens is 416 g/mol. The Hall–Kier alpha value is -3.98. The molecule has 0 amide bonds. The molecule has 1 saturated heterocycles. The van der Waals surface area contributed by atoms with Crippen molar-refractivity contribution in [2.45, 2.75) is 0 Å². The van der Waals surface area contributed by atoms with Crippen LogP contribution in [0.4, 0.5) is 17.5 Å². The third-order valence-corrected chi connectivity index (χ3v) is 6.05. The predicted molar refractivity (Wildman–Crippen MR) is 129 cm³/mol. The van der Waals surface area contributed by atoms with Gasteiger partial charge in [-0.05, 0) is 24.3 Å². The Bertz CT molecular complexity index is 1460. The summed E-state index contributed by atoms with van der Waals surface area (Å²) in [5.41, 5.74) is 5.92. The summed E-state index contributed by atoms with van der Waals surface area (Å²) in [7, 11) is 3.94. The maximum Gasteiger partial charge on any atom is 0.228 e. The van der Waals surface area contributed by atoms with Crippen LogP contribution >= 0.6 is 0 Å². The van der Waals surface area contributed by atoms with E-state index in [1.54, 1.807) is 0 Å². The molecule has 3 aromatic heterocycles. The Balaban J connectivity index is 1.43. The van der Waals surface area contributed by atoms with Crippen LogP contribution in [-0.4, -0.2) is 55.6 Å². The molecule has 0 unspecified atom stereocenters. The molecule has 2 aromatic carbocycles. The Morgan fingerprint density at radius 3 is 2.70 bits per heavy atom. The average molecular weight is 441 g/mol. The van der Waals surface area contributed by atoms with Gasteiger partial charge in [0.1, 0.15) is 5.82 Å². The van der Waals surface area contributed by atoms with Gasteiger partial charge in [-0.1, -0.05) is 12.1 Å². The van der Waals surface area contributed by atoms with E-state index in [1.165, 1.54) is 0 Å². The minimum Gasteiger partial charge on any atom is -0.378 e. The molecule has 0 radical (unpaired) electrons. The molecule has 4 heterocycles. The number of rotatable bonds is 4. The number of aromatic nitrogens is 6. The van der Waals surface area contributed by atoms with E-state index < -0.39 is 0 Å². The third kappa shape index (κ3) is 3.66. The van der Waals surface area contributed by atoms with Gasteiger partial charge in [-0.25, -0.2) is 9.97 Å². The molecule has 6 rings (SSSR count). The molecule has 1 aliphatic heterocycles. The second kappa shape index (κ2) is 7.86. The number of hydrogen-bond donors (Lipinski definition) is 1. The van der Waals surface area contributed by atoms with Crippen LogP contribution in [0.25, 0.3) is 33.2 Å². The number of morpholine rings is 1. The van der Waals surface area contributed by atoms with Crippen LogP contribution in [0.5, 0.6) is 0 Å². The van der Waals surface area contributed by atoms with E-state index in [-0.39, 0.29) is 0 Å². The van der Waals surface area contributed by atoms with Gasteiger partial charge in [0.15, 0.2) is 0 Å². The molecule has 9 heteroatoms. The van der Waals surface area contributed by atoms with E-state index in [2.05, 4.69) is 44.6 Å². The topological polar surface area (TPSA) is 85.9 Å². The van der Waals surface area contributed by atoms with Crippen molar-refractivity contribution in [3.05, 3.63) is 55.0 Å². The van der Waals surface area contributed by atoms with Crippen molar-refractivity contribution >= 4 is 39.4 Å². The Morgan fingerprint density at radius 1 is 0.939 bits per heavy atom. The van der Waals surface area contributed by atoms with Crippen LogP contribution < -0.4 is 10.2 Å². The maximum atomic E-state index is 5.53. The van der Waals surface area contributed by atoms with Gasteiger partial charge in [-0.3, -0.25) is 4.68 Å². The van der Waals surface area contributed by atoms with Crippen molar-refractivity contribution in [2.75, 3.05) is 36.5 Å². The monoisotopic (exact) mass is 440 g/mol. The van der Waals surface area contributed by atoms with Crippen LogP contribution in [0.15, 0.2) is 55.0 Å². The summed E-state index contributed by atoms with van der Waals surface area (Å²) in [6.07, 6.45) is 3.70. The molecule has 33 heavy (non-hydrogen) atoms. The summed E-state index contributed by atoms with van der Waals surface area (Å²) in [5, 5.41) is 8.95. The summed E-state index contributed by atoms with van der Waals surface area (Å²) in [6, 6.07) is 14.4. The zero-order chi connectivity index (χ0) is 22.4. The van der Waals surface area contributed by atoms with Gasteiger partial charge >= 0.3 is 0 Å². The molecule has 1 aliphatic rings. The van der Waals surface area contributed by atoms with Crippen LogP contribution in [0.3, 0.4) is 0 Å². The highest BCUT2D eigenvalue weighted by molar-refractivity contribution is 5.85. The summed E-state index contributed by atoms with van der Waals surface area (Å²) >= 11 is 0. The number of aryl methyl sites for hydroxylation is 2.